The summed E-state index contributed by atoms with van der Waals surface area (Å²) < 4.78 is 12.2. The number of fused-ring (bicyclic) bond motifs is 14. The van der Waals surface area contributed by atoms with E-state index in [4.69, 9.17) is 4.42 Å². The number of hydrogen-bond donors (Lipinski definition) is 0. The minimum absolute atomic E-state index is 0.102. The van der Waals surface area contributed by atoms with Crippen molar-refractivity contribution < 1.29 is 4.42 Å². The first kappa shape index (κ1) is 35.0. The highest BCUT2D eigenvalue weighted by Gasteiger charge is 2.44. The van der Waals surface area contributed by atoms with Gasteiger partial charge in [-0.2, -0.15) is 0 Å². The Morgan fingerprint density at radius 2 is 0.985 bits per heavy atom. The number of aromatic nitrogens is 2. The van der Waals surface area contributed by atoms with Crippen molar-refractivity contribution >= 4 is 106 Å². The standard InChI is InChI=1S/C60H36BN3O/c1-3-16-37(17-4-1)39-30-32-41(38-18-5-2-6-19-38)54(34-39)64-53-33-31-40(62-50-26-11-7-20-42(50)43-21-8-12-27-51(43)62)35-49(53)61-48-25-15-24-46-44-22-9-13-28-52(44)63(58(46)48)55-36-47-45-23-10-14-29-56(45)65-60(47)59(64)57(55)61/h1-36H. The number of nitrogens with zero attached hydrogens (tertiary/aromatic N) is 3. The van der Waals surface area contributed by atoms with E-state index in [1.807, 2.05) is 0 Å². The molecule has 0 spiro atoms. The zero-order valence-electron chi connectivity index (χ0n) is 35.1. The Kier molecular flexibility index (Phi) is 7.00. The van der Waals surface area contributed by atoms with Gasteiger partial charge in [0.1, 0.15) is 5.58 Å². The third-order valence-electron chi connectivity index (χ3n) is 14.3. The van der Waals surface area contributed by atoms with E-state index in [0.717, 1.165) is 61.4 Å². The molecule has 5 heteroatoms. The van der Waals surface area contributed by atoms with Gasteiger partial charge in [0.05, 0.1) is 27.9 Å². The Morgan fingerprint density at radius 3 is 1.72 bits per heavy atom. The summed E-state index contributed by atoms with van der Waals surface area (Å²) in [6.07, 6.45) is 0. The summed E-state index contributed by atoms with van der Waals surface area (Å²) in [5, 5.41) is 7.24. The molecule has 0 atom stereocenters. The van der Waals surface area contributed by atoms with Crippen molar-refractivity contribution in [2.24, 2.45) is 0 Å². The SMILES string of the molecule is c1ccc(-c2ccc(-c3ccccc3)c(N3c4ccc(-n5c6ccccc6c6ccccc65)cc4B4c5c(cc6c(oc7ccccc76)c53)-n3c5ccccc5c5cccc4c53)c2)cc1. The van der Waals surface area contributed by atoms with Gasteiger partial charge in [0.15, 0.2) is 5.58 Å². The fourth-order valence-electron chi connectivity index (χ4n) is 11.6. The molecule has 13 aromatic rings. The quantitative estimate of drug-likeness (QED) is 0.165. The topological polar surface area (TPSA) is 26.2 Å². The molecular formula is C60H36BN3O. The first-order valence-corrected chi connectivity index (χ1v) is 22.5. The number of hydrogen-bond acceptors (Lipinski definition) is 2. The molecule has 65 heavy (non-hydrogen) atoms. The van der Waals surface area contributed by atoms with Crippen molar-refractivity contribution in [3.63, 3.8) is 0 Å². The fraction of sp³-hybridized carbons (Fsp3) is 0. The van der Waals surface area contributed by atoms with Crippen molar-refractivity contribution in [1.82, 2.24) is 9.13 Å². The zero-order chi connectivity index (χ0) is 42.3. The predicted molar refractivity (Wildman–Crippen MR) is 273 cm³/mol. The summed E-state index contributed by atoms with van der Waals surface area (Å²) in [6.45, 7) is -0.102. The lowest BCUT2D eigenvalue weighted by Crippen LogP contribution is -2.60. The monoisotopic (exact) mass is 825 g/mol. The van der Waals surface area contributed by atoms with E-state index in [1.165, 1.54) is 71.3 Å². The smallest absolute Gasteiger partial charge is 0.252 e. The van der Waals surface area contributed by atoms with E-state index >= 15 is 0 Å². The van der Waals surface area contributed by atoms with Gasteiger partial charge in [-0.15, -0.1) is 0 Å². The molecule has 3 aromatic heterocycles. The molecule has 0 radical (unpaired) electrons. The Morgan fingerprint density at radius 1 is 0.369 bits per heavy atom. The van der Waals surface area contributed by atoms with E-state index in [-0.39, 0.29) is 6.71 Å². The van der Waals surface area contributed by atoms with Gasteiger partial charge in [-0.05, 0) is 87.7 Å². The maximum absolute atomic E-state index is 7.20. The first-order chi connectivity index (χ1) is 32.3. The molecule has 0 unspecified atom stereocenters. The van der Waals surface area contributed by atoms with Crippen LogP contribution in [0.4, 0.5) is 17.1 Å². The van der Waals surface area contributed by atoms with Crippen molar-refractivity contribution in [3.05, 3.63) is 218 Å². The minimum atomic E-state index is -0.102. The highest BCUT2D eigenvalue weighted by atomic mass is 16.3. The Balaban J connectivity index is 1.14. The van der Waals surface area contributed by atoms with Crippen LogP contribution in [0.1, 0.15) is 0 Å². The molecule has 0 saturated carbocycles. The molecule has 0 N–H and O–H groups in total. The van der Waals surface area contributed by atoms with E-state index < -0.39 is 0 Å². The molecule has 5 heterocycles. The summed E-state index contributed by atoms with van der Waals surface area (Å²) in [5.74, 6) is 0. The van der Waals surface area contributed by atoms with E-state index in [1.54, 1.807) is 0 Å². The number of para-hydroxylation sites is 5. The largest absolute Gasteiger partial charge is 0.454 e. The molecule has 10 aromatic carbocycles. The van der Waals surface area contributed by atoms with Gasteiger partial charge in [0, 0.05) is 60.5 Å². The van der Waals surface area contributed by atoms with Crippen LogP contribution in [0.3, 0.4) is 0 Å². The summed E-state index contributed by atoms with van der Waals surface area (Å²) in [4.78, 5) is 2.55. The van der Waals surface area contributed by atoms with Gasteiger partial charge in [0.2, 0.25) is 0 Å². The molecule has 0 aliphatic carbocycles. The van der Waals surface area contributed by atoms with Crippen LogP contribution in [-0.2, 0) is 0 Å². The van der Waals surface area contributed by atoms with Crippen molar-refractivity contribution in [1.29, 1.82) is 0 Å². The van der Waals surface area contributed by atoms with Crippen LogP contribution < -0.4 is 21.3 Å². The molecular weight excluding hydrogens is 789 g/mol. The van der Waals surface area contributed by atoms with Gasteiger partial charge in [-0.25, -0.2) is 0 Å². The fourth-order valence-corrected chi connectivity index (χ4v) is 11.6. The summed E-state index contributed by atoms with van der Waals surface area (Å²) in [5.41, 5.74) is 20.7. The van der Waals surface area contributed by atoms with E-state index in [9.17, 15) is 0 Å². The minimum Gasteiger partial charge on any atom is -0.454 e. The van der Waals surface area contributed by atoms with Crippen LogP contribution in [0.5, 0.6) is 0 Å². The lowest BCUT2D eigenvalue weighted by atomic mass is 9.33. The Labute approximate surface area is 374 Å². The lowest BCUT2D eigenvalue weighted by molar-refractivity contribution is 0.669. The molecule has 15 rings (SSSR count). The van der Waals surface area contributed by atoms with Gasteiger partial charge >= 0.3 is 0 Å². The second-order valence-electron chi connectivity index (χ2n) is 17.6. The van der Waals surface area contributed by atoms with Crippen LogP contribution in [0.25, 0.3) is 99.2 Å². The average molecular weight is 826 g/mol. The van der Waals surface area contributed by atoms with Crippen molar-refractivity contribution in [2.45, 2.75) is 0 Å². The maximum Gasteiger partial charge on any atom is 0.252 e. The highest BCUT2D eigenvalue weighted by Crippen LogP contribution is 2.50. The number of benzene rings is 10. The number of anilines is 3. The third-order valence-corrected chi connectivity index (χ3v) is 14.3. The van der Waals surface area contributed by atoms with Crippen LogP contribution in [0, 0.1) is 0 Å². The number of furan rings is 1. The van der Waals surface area contributed by atoms with Gasteiger partial charge in [-0.3, -0.25) is 0 Å². The second-order valence-corrected chi connectivity index (χ2v) is 17.6. The summed E-state index contributed by atoms with van der Waals surface area (Å²) >= 11 is 0. The van der Waals surface area contributed by atoms with Crippen LogP contribution in [-0.4, -0.2) is 15.8 Å². The number of rotatable bonds is 4. The van der Waals surface area contributed by atoms with Crippen molar-refractivity contribution in [2.75, 3.05) is 4.90 Å². The van der Waals surface area contributed by atoms with Gasteiger partial charge < -0.3 is 18.5 Å². The average Bonchev–Trinajstić information content (AvgIpc) is 4.04. The molecule has 4 nitrogen and oxygen atoms in total. The van der Waals surface area contributed by atoms with Crippen molar-refractivity contribution in [3.8, 4) is 33.6 Å². The lowest BCUT2D eigenvalue weighted by Gasteiger charge is -2.41. The molecule has 2 aliphatic heterocycles. The maximum atomic E-state index is 7.20. The Bertz CT molecular complexity index is 4090. The first-order valence-electron chi connectivity index (χ1n) is 22.5. The molecule has 0 saturated heterocycles. The van der Waals surface area contributed by atoms with Crippen LogP contribution in [0.2, 0.25) is 0 Å². The summed E-state index contributed by atoms with van der Waals surface area (Å²) in [6, 6.07) is 80.2. The van der Waals surface area contributed by atoms with E-state index in [2.05, 4.69) is 232 Å². The predicted octanol–water partition coefficient (Wildman–Crippen LogP) is 13.7. The summed E-state index contributed by atoms with van der Waals surface area (Å²) in [7, 11) is 0. The molecule has 0 fully saturated rings. The van der Waals surface area contributed by atoms with Gasteiger partial charge in [-0.1, -0.05) is 164 Å². The second kappa shape index (κ2) is 13.0. The Hall–Kier alpha value is -8.54. The normalized spacial score (nSPS) is 12.9. The zero-order valence-corrected chi connectivity index (χ0v) is 35.1. The molecule has 0 bridgehead atoms. The molecule has 0 amide bonds. The van der Waals surface area contributed by atoms with Crippen LogP contribution in [0.15, 0.2) is 223 Å². The molecule has 300 valence electrons. The third kappa shape index (κ3) is 4.71. The van der Waals surface area contributed by atoms with E-state index in [0.29, 0.717) is 0 Å². The van der Waals surface area contributed by atoms with Gasteiger partial charge in [0.25, 0.3) is 6.71 Å². The highest BCUT2D eigenvalue weighted by molar-refractivity contribution is 7.00. The molecule has 2 aliphatic rings. The van der Waals surface area contributed by atoms with Crippen LogP contribution >= 0.6 is 0 Å².